The molecule has 0 bridgehead atoms. The summed E-state index contributed by atoms with van der Waals surface area (Å²) < 4.78 is 14.3. The van der Waals surface area contributed by atoms with E-state index in [-0.39, 0.29) is 6.10 Å². The topological polar surface area (TPSA) is 40.5 Å². The van der Waals surface area contributed by atoms with E-state index in [2.05, 4.69) is 61.5 Å². The highest BCUT2D eigenvalue weighted by molar-refractivity contribution is 6.95. The summed E-state index contributed by atoms with van der Waals surface area (Å²) in [6, 6.07) is 8.44. The van der Waals surface area contributed by atoms with E-state index in [1.54, 1.807) is 7.11 Å². The molecule has 1 aromatic heterocycles. The zero-order valence-corrected chi connectivity index (χ0v) is 18.1. The van der Waals surface area contributed by atoms with Gasteiger partial charge in [-0.15, -0.1) is 0 Å². The van der Waals surface area contributed by atoms with Gasteiger partial charge in [0.2, 0.25) is 0 Å². The zero-order valence-electron chi connectivity index (χ0n) is 17.1. The van der Waals surface area contributed by atoms with Crippen LogP contribution in [0.15, 0.2) is 24.3 Å². The van der Waals surface area contributed by atoms with Crippen LogP contribution >= 0.6 is 0 Å². The Morgan fingerprint density at radius 1 is 1.25 bits per heavy atom. The minimum atomic E-state index is -1.96. The van der Waals surface area contributed by atoms with Gasteiger partial charge in [-0.25, -0.2) is 4.79 Å². The first-order chi connectivity index (χ1) is 13.4. The lowest BCUT2D eigenvalue weighted by Crippen LogP contribution is -2.27. The lowest BCUT2D eigenvalue weighted by atomic mass is 9.71. The molecule has 0 spiro atoms. The number of carbonyl (C=O) groups excluding carboxylic acids is 1. The molecule has 5 rings (SSSR count). The van der Waals surface area contributed by atoms with Crippen LogP contribution in [0.2, 0.25) is 19.6 Å². The summed E-state index contributed by atoms with van der Waals surface area (Å²) >= 11 is 0. The summed E-state index contributed by atoms with van der Waals surface area (Å²) in [5, 5.41) is 3.10. The molecule has 2 aliphatic rings. The number of para-hydroxylation sites is 1. The van der Waals surface area contributed by atoms with Crippen LogP contribution in [-0.2, 0) is 16.6 Å². The van der Waals surface area contributed by atoms with E-state index in [0.717, 1.165) is 40.5 Å². The van der Waals surface area contributed by atoms with Gasteiger partial charge in [0, 0.05) is 52.2 Å². The summed E-state index contributed by atoms with van der Waals surface area (Å²) in [4.78, 5) is 12.2. The van der Waals surface area contributed by atoms with Crippen molar-refractivity contribution in [2.75, 3.05) is 13.7 Å². The Bertz CT molecular complexity index is 1190. The Morgan fingerprint density at radius 2 is 2.00 bits per heavy atom. The predicted octanol–water partition coefficient (Wildman–Crippen LogP) is 4.99. The number of fused-ring (bicyclic) bond motifs is 8. The molecule has 1 fully saturated rings. The van der Waals surface area contributed by atoms with E-state index in [4.69, 9.17) is 9.47 Å². The molecule has 4 nitrogen and oxygen atoms in total. The van der Waals surface area contributed by atoms with Crippen molar-refractivity contribution in [1.82, 2.24) is 4.57 Å². The maximum atomic E-state index is 12.2. The molecule has 0 radical (unpaired) electrons. The Morgan fingerprint density at radius 3 is 2.68 bits per heavy atom. The summed E-state index contributed by atoms with van der Waals surface area (Å²) in [5.74, 6) is 3.57. The van der Waals surface area contributed by atoms with Gasteiger partial charge in [0.25, 0.3) is 0 Å². The number of hydrogen-bond acceptors (Lipinski definition) is 3. The van der Waals surface area contributed by atoms with Crippen LogP contribution in [-0.4, -0.2) is 32.3 Å². The number of aromatic nitrogens is 1. The molecule has 3 aromatic rings. The third-order valence-electron chi connectivity index (χ3n) is 6.43. The average molecular weight is 392 g/mol. The van der Waals surface area contributed by atoms with Gasteiger partial charge in [0.1, 0.15) is 11.7 Å². The van der Waals surface area contributed by atoms with Crippen molar-refractivity contribution in [3.05, 3.63) is 41.0 Å². The second-order valence-electron chi connectivity index (χ2n) is 8.95. The van der Waals surface area contributed by atoms with E-state index in [0.29, 0.717) is 5.92 Å². The van der Waals surface area contributed by atoms with Gasteiger partial charge in [0.05, 0.1) is 26.8 Å². The first kappa shape index (κ1) is 17.7. The molecule has 5 heteroatoms. The lowest BCUT2D eigenvalue weighted by molar-refractivity contribution is 0.0861. The molecule has 144 valence electrons. The van der Waals surface area contributed by atoms with Crippen molar-refractivity contribution in [3.8, 4) is 5.75 Å². The maximum absolute atomic E-state index is 12.2. The van der Waals surface area contributed by atoms with E-state index >= 15 is 0 Å². The Kier molecular flexibility index (Phi) is 3.70. The van der Waals surface area contributed by atoms with Gasteiger partial charge < -0.3 is 14.0 Å². The zero-order chi connectivity index (χ0) is 19.8. The molecule has 1 saturated heterocycles. The van der Waals surface area contributed by atoms with Crippen LogP contribution in [0.5, 0.6) is 5.75 Å². The van der Waals surface area contributed by atoms with Crippen LogP contribution in [0.3, 0.4) is 0 Å². The summed E-state index contributed by atoms with van der Waals surface area (Å²) in [5.41, 5.74) is 5.83. The number of benzene rings is 2. The molecule has 0 unspecified atom stereocenters. The van der Waals surface area contributed by atoms with Crippen molar-refractivity contribution in [2.24, 2.45) is 7.05 Å². The van der Waals surface area contributed by atoms with E-state index < -0.39 is 8.07 Å². The fraction of sp³-hybridized carbons (Fsp3) is 0.391. The largest absolute Gasteiger partial charge is 0.496 e. The van der Waals surface area contributed by atoms with Crippen molar-refractivity contribution < 1.29 is 14.3 Å². The standard InChI is InChI=1S/C23H25NO3Si/c1-24-15-9-7-6-8-13(15)17-19(16(12-25)28(3,4)5)23(26-2)20-18(21(17)24)14-10-11-27-22(14)20/h6-9,14,22H,10-11H2,1-5H3/t14-,22-/m0/s1. The number of methoxy groups -OCH3 is 1. The van der Waals surface area contributed by atoms with Crippen molar-refractivity contribution in [3.63, 3.8) is 0 Å². The fourth-order valence-electron chi connectivity index (χ4n) is 5.22. The molecule has 2 aromatic carbocycles. The van der Waals surface area contributed by atoms with Gasteiger partial charge in [-0.05, 0) is 18.1 Å². The van der Waals surface area contributed by atoms with Crippen molar-refractivity contribution in [1.29, 1.82) is 0 Å². The highest BCUT2D eigenvalue weighted by atomic mass is 28.3. The van der Waals surface area contributed by atoms with Crippen molar-refractivity contribution >= 4 is 41.0 Å². The molecule has 1 aliphatic carbocycles. The normalized spacial score (nSPS) is 20.6. The van der Waals surface area contributed by atoms with Crippen LogP contribution in [0.4, 0.5) is 0 Å². The van der Waals surface area contributed by atoms with E-state index in [1.807, 2.05) is 0 Å². The molecular formula is C23H25NO3Si. The van der Waals surface area contributed by atoms with Crippen LogP contribution in [0.1, 0.15) is 35.1 Å². The monoisotopic (exact) mass is 391 g/mol. The second kappa shape index (κ2) is 5.83. The Hall–Kier alpha value is -2.33. The molecule has 1 aliphatic heterocycles. The molecule has 0 saturated carbocycles. The number of ether oxygens (including phenoxy) is 2. The minimum absolute atomic E-state index is 0.0839. The third kappa shape index (κ3) is 2.07. The smallest absolute Gasteiger partial charge is 0.133 e. The van der Waals surface area contributed by atoms with Crippen LogP contribution in [0, 0.1) is 0 Å². The number of rotatable bonds is 3. The quantitative estimate of drug-likeness (QED) is 0.466. The van der Waals surface area contributed by atoms with Gasteiger partial charge >= 0.3 is 0 Å². The molecule has 2 atom stereocenters. The first-order valence-electron chi connectivity index (χ1n) is 9.88. The fourth-order valence-corrected chi connectivity index (χ4v) is 6.52. The van der Waals surface area contributed by atoms with Gasteiger partial charge in [-0.3, -0.25) is 0 Å². The number of hydrogen-bond donors (Lipinski definition) is 0. The second-order valence-corrected chi connectivity index (χ2v) is 13.9. The lowest BCUT2D eigenvalue weighted by Gasteiger charge is -2.37. The van der Waals surface area contributed by atoms with Crippen molar-refractivity contribution in [2.45, 2.75) is 38.1 Å². The van der Waals surface area contributed by atoms with Gasteiger partial charge in [-0.2, -0.15) is 0 Å². The maximum Gasteiger partial charge on any atom is 0.133 e. The summed E-state index contributed by atoms with van der Waals surface area (Å²) in [7, 11) is 1.88. The highest BCUT2D eigenvalue weighted by Gasteiger charge is 2.48. The van der Waals surface area contributed by atoms with Gasteiger partial charge in [-0.1, -0.05) is 37.8 Å². The summed E-state index contributed by atoms with van der Waals surface area (Å²) in [6.45, 7) is 7.35. The molecule has 2 heterocycles. The molecule has 28 heavy (non-hydrogen) atoms. The van der Waals surface area contributed by atoms with E-state index in [1.165, 1.54) is 22.0 Å². The molecule has 0 N–H and O–H groups in total. The van der Waals surface area contributed by atoms with Crippen LogP contribution in [0.25, 0.3) is 27.0 Å². The third-order valence-corrected chi connectivity index (χ3v) is 8.28. The number of nitrogens with zero attached hydrogens (tertiary/aromatic N) is 1. The number of aryl methyl sites for hydroxylation is 1. The predicted molar refractivity (Wildman–Crippen MR) is 115 cm³/mol. The Labute approximate surface area is 165 Å². The van der Waals surface area contributed by atoms with E-state index in [9.17, 15) is 4.79 Å². The molecule has 0 amide bonds. The Balaban J connectivity index is 2.05. The average Bonchev–Trinajstić information content (AvgIpc) is 3.19. The summed E-state index contributed by atoms with van der Waals surface area (Å²) in [6.07, 6.45) is 1.13. The molecular weight excluding hydrogens is 366 g/mol. The van der Waals surface area contributed by atoms with Crippen LogP contribution < -0.4 is 4.74 Å². The first-order valence-corrected chi connectivity index (χ1v) is 13.4. The SMILES string of the molecule is COc1c2c(c3c(c1C(=C=O)[Si](C)(C)C)c1ccccc1n3C)[C@@H]1CCO[C@H]21. The van der Waals surface area contributed by atoms with Gasteiger partial charge in [0.15, 0.2) is 0 Å². The minimum Gasteiger partial charge on any atom is -0.496 e. The highest BCUT2D eigenvalue weighted by Crippen LogP contribution is 2.61.